The van der Waals surface area contributed by atoms with Crippen molar-refractivity contribution in [1.29, 1.82) is 0 Å². The number of thioether (sulfide) groups is 1. The van der Waals surface area contributed by atoms with Crippen LogP contribution in [0, 0.1) is 24.0 Å². The molecule has 1 amide bonds. The number of nitrogens with one attached hydrogen (secondary N) is 1. The van der Waals surface area contributed by atoms with Crippen LogP contribution in [0.2, 0.25) is 0 Å². The van der Waals surface area contributed by atoms with Gasteiger partial charge in [0.25, 0.3) is 5.69 Å². The number of rotatable bonds is 6. The summed E-state index contributed by atoms with van der Waals surface area (Å²) in [5, 5.41) is 23.0. The molecule has 1 fully saturated rings. The maximum absolute atomic E-state index is 12.4. The predicted octanol–water partition coefficient (Wildman–Crippen LogP) is 4.04. The highest BCUT2D eigenvalue weighted by molar-refractivity contribution is 7.99. The summed E-state index contributed by atoms with van der Waals surface area (Å²) < 4.78 is 2.15. The molecule has 0 spiro atoms. The number of anilines is 1. The monoisotopic (exact) mass is 389 g/mol. The van der Waals surface area contributed by atoms with Crippen molar-refractivity contribution in [3.8, 4) is 0 Å². The summed E-state index contributed by atoms with van der Waals surface area (Å²) >= 11 is 1.35. The van der Waals surface area contributed by atoms with E-state index in [1.165, 1.54) is 37.1 Å². The Balaban J connectivity index is 1.65. The van der Waals surface area contributed by atoms with Gasteiger partial charge >= 0.3 is 0 Å². The molecule has 1 aromatic carbocycles. The van der Waals surface area contributed by atoms with Gasteiger partial charge in [0.2, 0.25) is 5.91 Å². The molecular weight excluding hydrogens is 366 g/mol. The molecule has 9 heteroatoms. The molecule has 0 radical (unpaired) electrons. The molecule has 2 aromatic rings. The minimum Gasteiger partial charge on any atom is -0.325 e. The van der Waals surface area contributed by atoms with Gasteiger partial charge in [-0.15, -0.1) is 10.2 Å². The highest BCUT2D eigenvalue weighted by Crippen LogP contribution is 2.32. The van der Waals surface area contributed by atoms with Gasteiger partial charge in [-0.05, 0) is 32.8 Å². The van der Waals surface area contributed by atoms with Gasteiger partial charge in [-0.25, -0.2) is 0 Å². The van der Waals surface area contributed by atoms with Crippen molar-refractivity contribution in [3.63, 3.8) is 0 Å². The second-order valence-corrected chi connectivity index (χ2v) is 7.68. The molecule has 144 valence electrons. The number of nitro groups is 1. The summed E-state index contributed by atoms with van der Waals surface area (Å²) in [6.45, 7) is 3.57. The maximum atomic E-state index is 12.4. The Hall–Kier alpha value is -2.42. The first-order chi connectivity index (χ1) is 13.0. The lowest BCUT2D eigenvalue weighted by atomic mass is 9.95. The van der Waals surface area contributed by atoms with Crippen LogP contribution in [-0.4, -0.2) is 31.3 Å². The second kappa shape index (κ2) is 8.51. The summed E-state index contributed by atoms with van der Waals surface area (Å²) in [5.74, 6) is 0.825. The average Bonchev–Trinajstić information content (AvgIpc) is 3.02. The van der Waals surface area contributed by atoms with E-state index in [0.717, 1.165) is 23.8 Å². The normalized spacial score (nSPS) is 14.9. The fourth-order valence-corrected chi connectivity index (χ4v) is 4.33. The quantitative estimate of drug-likeness (QED) is 0.454. The summed E-state index contributed by atoms with van der Waals surface area (Å²) in [4.78, 5) is 22.9. The third-order valence-corrected chi connectivity index (χ3v) is 5.83. The van der Waals surface area contributed by atoms with Crippen LogP contribution < -0.4 is 5.32 Å². The maximum Gasteiger partial charge on any atom is 0.274 e. The van der Waals surface area contributed by atoms with Crippen LogP contribution in [0.4, 0.5) is 11.4 Å². The topological polar surface area (TPSA) is 103 Å². The zero-order chi connectivity index (χ0) is 19.4. The molecule has 0 unspecified atom stereocenters. The zero-order valence-electron chi connectivity index (χ0n) is 15.5. The number of hydrogen-bond acceptors (Lipinski definition) is 6. The smallest absolute Gasteiger partial charge is 0.274 e. The number of aromatic nitrogens is 3. The number of aryl methyl sites for hydroxylation is 1. The standard InChI is InChI=1S/C18H23N5O3S/c1-12-15(9-6-10-16(12)23(25)26)19-17(24)11-27-18-21-20-13(2)22(18)14-7-4-3-5-8-14/h6,9-10,14H,3-5,7-8,11H2,1-2H3,(H,19,24). The largest absolute Gasteiger partial charge is 0.325 e. The van der Waals surface area contributed by atoms with Crippen LogP contribution in [0.15, 0.2) is 23.4 Å². The first kappa shape index (κ1) is 19.3. The fraction of sp³-hybridized carbons (Fsp3) is 0.500. The molecule has 0 bridgehead atoms. The van der Waals surface area contributed by atoms with E-state index in [2.05, 4.69) is 20.1 Å². The van der Waals surface area contributed by atoms with Crippen molar-refractivity contribution in [2.24, 2.45) is 0 Å². The van der Waals surface area contributed by atoms with Crippen LogP contribution in [0.5, 0.6) is 0 Å². The van der Waals surface area contributed by atoms with E-state index in [1.807, 2.05) is 6.92 Å². The molecule has 3 rings (SSSR count). The number of carbonyl (C=O) groups excluding carboxylic acids is 1. The molecule has 1 aliphatic rings. The first-order valence-corrected chi connectivity index (χ1v) is 10.0. The van der Waals surface area contributed by atoms with Crippen molar-refractivity contribution < 1.29 is 9.72 Å². The minimum absolute atomic E-state index is 0.00637. The van der Waals surface area contributed by atoms with Crippen LogP contribution in [-0.2, 0) is 4.79 Å². The molecule has 1 saturated carbocycles. The van der Waals surface area contributed by atoms with Gasteiger partial charge in [-0.1, -0.05) is 37.1 Å². The lowest BCUT2D eigenvalue weighted by molar-refractivity contribution is -0.385. The summed E-state index contributed by atoms with van der Waals surface area (Å²) in [7, 11) is 0. The van der Waals surface area contributed by atoms with E-state index in [1.54, 1.807) is 19.1 Å². The molecule has 0 saturated heterocycles. The van der Waals surface area contributed by atoms with E-state index in [0.29, 0.717) is 17.3 Å². The number of nitrogens with zero attached hydrogens (tertiary/aromatic N) is 4. The van der Waals surface area contributed by atoms with Crippen LogP contribution in [0.3, 0.4) is 0 Å². The SMILES string of the molecule is Cc1c(NC(=O)CSc2nnc(C)n2C2CCCCC2)cccc1[N+](=O)[O-]. The van der Waals surface area contributed by atoms with Gasteiger partial charge in [0, 0.05) is 12.1 Å². The minimum atomic E-state index is -0.449. The Labute approximate surface area is 161 Å². The van der Waals surface area contributed by atoms with E-state index in [9.17, 15) is 14.9 Å². The van der Waals surface area contributed by atoms with Crippen LogP contribution >= 0.6 is 11.8 Å². The van der Waals surface area contributed by atoms with Gasteiger partial charge in [0.15, 0.2) is 5.16 Å². The van der Waals surface area contributed by atoms with E-state index in [4.69, 9.17) is 0 Å². The Morgan fingerprint density at radius 1 is 1.30 bits per heavy atom. The molecule has 1 N–H and O–H groups in total. The molecule has 0 aliphatic heterocycles. The number of hydrogen-bond donors (Lipinski definition) is 1. The van der Waals surface area contributed by atoms with Crippen molar-refractivity contribution in [2.75, 3.05) is 11.1 Å². The van der Waals surface area contributed by atoms with Crippen molar-refractivity contribution >= 4 is 29.0 Å². The Kier molecular flexibility index (Phi) is 6.10. The summed E-state index contributed by atoms with van der Waals surface area (Å²) in [6.07, 6.45) is 5.92. The molecule has 27 heavy (non-hydrogen) atoms. The van der Waals surface area contributed by atoms with E-state index >= 15 is 0 Å². The molecular formula is C18H23N5O3S. The van der Waals surface area contributed by atoms with Crippen LogP contribution in [0.25, 0.3) is 0 Å². The highest BCUT2D eigenvalue weighted by atomic mass is 32.2. The Bertz CT molecular complexity index is 846. The highest BCUT2D eigenvalue weighted by Gasteiger charge is 2.22. The number of amides is 1. The van der Waals surface area contributed by atoms with Gasteiger partial charge in [-0.3, -0.25) is 14.9 Å². The van der Waals surface area contributed by atoms with E-state index in [-0.39, 0.29) is 17.3 Å². The second-order valence-electron chi connectivity index (χ2n) is 6.74. The number of benzene rings is 1. The third-order valence-electron chi connectivity index (χ3n) is 4.88. The third kappa shape index (κ3) is 4.47. The van der Waals surface area contributed by atoms with Crippen LogP contribution in [0.1, 0.15) is 49.5 Å². The Morgan fingerprint density at radius 2 is 2.04 bits per heavy atom. The molecule has 1 heterocycles. The van der Waals surface area contributed by atoms with Crippen molar-refractivity contribution in [1.82, 2.24) is 14.8 Å². The lowest BCUT2D eigenvalue weighted by Gasteiger charge is -2.24. The Morgan fingerprint density at radius 3 is 2.74 bits per heavy atom. The number of nitro benzene ring substituents is 1. The van der Waals surface area contributed by atoms with Gasteiger partial charge < -0.3 is 9.88 Å². The average molecular weight is 389 g/mol. The van der Waals surface area contributed by atoms with Crippen molar-refractivity contribution in [3.05, 3.63) is 39.7 Å². The van der Waals surface area contributed by atoms with E-state index < -0.39 is 4.92 Å². The van der Waals surface area contributed by atoms with Gasteiger partial charge in [-0.2, -0.15) is 0 Å². The summed E-state index contributed by atoms with van der Waals surface area (Å²) in [6, 6.07) is 5.06. The summed E-state index contributed by atoms with van der Waals surface area (Å²) in [5.41, 5.74) is 0.898. The molecule has 8 nitrogen and oxygen atoms in total. The van der Waals surface area contributed by atoms with Gasteiger partial charge in [0.1, 0.15) is 5.82 Å². The lowest BCUT2D eigenvalue weighted by Crippen LogP contribution is -2.18. The zero-order valence-corrected chi connectivity index (χ0v) is 16.3. The van der Waals surface area contributed by atoms with Gasteiger partial charge in [0.05, 0.1) is 21.9 Å². The molecule has 1 aromatic heterocycles. The predicted molar refractivity (Wildman–Crippen MR) is 104 cm³/mol. The first-order valence-electron chi connectivity index (χ1n) is 9.05. The number of carbonyl (C=O) groups is 1. The van der Waals surface area contributed by atoms with Crippen molar-refractivity contribution in [2.45, 2.75) is 57.1 Å². The fourth-order valence-electron chi connectivity index (χ4n) is 3.48. The molecule has 0 atom stereocenters. The molecule has 1 aliphatic carbocycles.